The maximum absolute atomic E-state index is 13.8. The molecule has 0 radical (unpaired) electrons. The van der Waals surface area contributed by atoms with Crippen molar-refractivity contribution in [2.45, 2.75) is 44.1 Å². The molecule has 0 unspecified atom stereocenters. The summed E-state index contributed by atoms with van der Waals surface area (Å²) in [6, 6.07) is 11.5. The molecule has 3 heterocycles. The van der Waals surface area contributed by atoms with Gasteiger partial charge in [-0.25, -0.2) is 4.98 Å². The van der Waals surface area contributed by atoms with E-state index in [9.17, 15) is 4.21 Å². The minimum absolute atomic E-state index is 0.222. The number of ether oxygens (including phenoxy) is 4. The molecular weight excluding hydrogens is 516 g/mol. The summed E-state index contributed by atoms with van der Waals surface area (Å²) in [5.41, 5.74) is 5.05. The zero-order chi connectivity index (χ0) is 27.6. The fourth-order valence-corrected chi connectivity index (χ4v) is 5.50. The first-order chi connectivity index (χ1) is 19.0. The quantitative estimate of drug-likeness (QED) is 0.197. The molecule has 0 aliphatic heterocycles. The third-order valence-corrected chi connectivity index (χ3v) is 7.67. The molecule has 4 rings (SSSR count). The van der Waals surface area contributed by atoms with E-state index >= 15 is 0 Å². The van der Waals surface area contributed by atoms with Gasteiger partial charge in [0.15, 0.2) is 0 Å². The molecular formula is C29H36N4O5S. The average Bonchev–Trinajstić information content (AvgIpc) is 3.31. The number of hydrogen-bond donors (Lipinski definition) is 0. The van der Waals surface area contributed by atoms with Crippen LogP contribution in [0.4, 0.5) is 0 Å². The second-order valence-electron chi connectivity index (χ2n) is 9.11. The molecule has 208 valence electrons. The Bertz CT molecular complexity index is 1410. The van der Waals surface area contributed by atoms with Crippen molar-refractivity contribution in [1.82, 2.24) is 19.5 Å². The van der Waals surface area contributed by atoms with Gasteiger partial charge in [0.1, 0.15) is 11.5 Å². The number of imidazole rings is 1. The van der Waals surface area contributed by atoms with Gasteiger partial charge in [0.25, 0.3) is 0 Å². The van der Waals surface area contributed by atoms with E-state index < -0.39 is 10.8 Å². The van der Waals surface area contributed by atoms with Crippen LogP contribution in [0.25, 0.3) is 11.0 Å². The van der Waals surface area contributed by atoms with Gasteiger partial charge in [0.05, 0.1) is 58.7 Å². The monoisotopic (exact) mass is 552 g/mol. The summed E-state index contributed by atoms with van der Waals surface area (Å²) in [7, 11) is 1.89. The summed E-state index contributed by atoms with van der Waals surface area (Å²) in [6.45, 7) is 6.73. The zero-order valence-corrected chi connectivity index (χ0v) is 23.8. The molecule has 0 N–H and O–H groups in total. The largest absolute Gasteiger partial charge is 0.493 e. The van der Waals surface area contributed by atoms with Crippen LogP contribution in [-0.2, 0) is 32.6 Å². The Hall–Kier alpha value is -3.34. The molecule has 0 bridgehead atoms. The first-order valence-electron chi connectivity index (χ1n) is 13.0. The smallest absolute Gasteiger partial charge is 0.200 e. The molecule has 0 aliphatic carbocycles. The molecule has 9 nitrogen and oxygen atoms in total. The van der Waals surface area contributed by atoms with Crippen molar-refractivity contribution in [1.29, 1.82) is 0 Å². The Morgan fingerprint density at radius 1 is 0.795 bits per heavy atom. The van der Waals surface area contributed by atoms with Gasteiger partial charge < -0.3 is 23.5 Å². The van der Waals surface area contributed by atoms with Gasteiger partial charge in [-0.15, -0.1) is 0 Å². The van der Waals surface area contributed by atoms with Crippen molar-refractivity contribution in [3.05, 3.63) is 71.3 Å². The van der Waals surface area contributed by atoms with Crippen LogP contribution in [0.1, 0.15) is 35.4 Å². The second-order valence-corrected chi connectivity index (χ2v) is 10.5. The summed E-state index contributed by atoms with van der Waals surface area (Å²) in [5.74, 6) is 1.74. The number of benzene rings is 1. The molecule has 10 heteroatoms. The highest BCUT2D eigenvalue weighted by atomic mass is 32.2. The maximum Gasteiger partial charge on any atom is 0.200 e. The summed E-state index contributed by atoms with van der Waals surface area (Å²) < 4.78 is 37.9. The molecule has 1 aromatic carbocycles. The van der Waals surface area contributed by atoms with Crippen LogP contribution < -0.4 is 9.47 Å². The van der Waals surface area contributed by atoms with E-state index in [1.54, 1.807) is 26.6 Å². The number of rotatable bonds is 15. The predicted molar refractivity (Wildman–Crippen MR) is 151 cm³/mol. The fourth-order valence-electron chi connectivity index (χ4n) is 4.22. The lowest BCUT2D eigenvalue weighted by Crippen LogP contribution is -2.12. The molecule has 3 aromatic heterocycles. The first kappa shape index (κ1) is 28.7. The minimum atomic E-state index is -1.46. The summed E-state index contributed by atoms with van der Waals surface area (Å²) in [5, 5.41) is 0.483. The number of para-hydroxylation sites is 2. The van der Waals surface area contributed by atoms with E-state index in [1.807, 2.05) is 54.8 Å². The lowest BCUT2D eigenvalue weighted by atomic mass is 10.2. The molecule has 1 atom stereocenters. The Morgan fingerprint density at radius 3 is 2.03 bits per heavy atom. The van der Waals surface area contributed by atoms with Crippen LogP contribution in [0, 0.1) is 13.8 Å². The van der Waals surface area contributed by atoms with Gasteiger partial charge in [-0.2, -0.15) is 0 Å². The van der Waals surface area contributed by atoms with Crippen molar-refractivity contribution in [2.75, 3.05) is 40.6 Å². The fraction of sp³-hybridized carbons (Fsp3) is 0.414. The van der Waals surface area contributed by atoms with Gasteiger partial charge in [0.2, 0.25) is 5.16 Å². The van der Waals surface area contributed by atoms with Gasteiger partial charge in [-0.1, -0.05) is 12.1 Å². The Kier molecular flexibility index (Phi) is 10.4. The van der Waals surface area contributed by atoms with Crippen LogP contribution >= 0.6 is 0 Å². The molecule has 39 heavy (non-hydrogen) atoms. The number of fused-ring (bicyclic) bond motifs is 1. The molecule has 4 aromatic rings. The van der Waals surface area contributed by atoms with E-state index in [0.717, 1.165) is 57.9 Å². The predicted octanol–water partition coefficient (Wildman–Crippen LogP) is 4.63. The topological polar surface area (TPSA) is 97.6 Å². The number of aromatic nitrogens is 4. The Labute approximate surface area is 232 Å². The number of hydrogen-bond acceptors (Lipinski definition) is 8. The minimum Gasteiger partial charge on any atom is -0.493 e. The maximum atomic E-state index is 13.8. The van der Waals surface area contributed by atoms with Gasteiger partial charge >= 0.3 is 0 Å². The lowest BCUT2D eigenvalue weighted by Gasteiger charge is -2.15. The SMILES string of the molecule is COCCCOc1ccnc(Cn2c([S@@](=O)Cc3nccc(OCCCOC)c3C)nc3ccccc32)c1C. The second kappa shape index (κ2) is 14.2. The molecule has 0 saturated carbocycles. The first-order valence-corrected chi connectivity index (χ1v) is 14.3. The van der Waals surface area contributed by atoms with E-state index in [-0.39, 0.29) is 5.75 Å². The van der Waals surface area contributed by atoms with Gasteiger partial charge in [-0.3, -0.25) is 14.2 Å². The van der Waals surface area contributed by atoms with Crippen molar-refractivity contribution in [2.24, 2.45) is 0 Å². The highest BCUT2D eigenvalue weighted by Crippen LogP contribution is 2.27. The van der Waals surface area contributed by atoms with Crippen molar-refractivity contribution in [3.63, 3.8) is 0 Å². The van der Waals surface area contributed by atoms with Crippen LogP contribution in [0.2, 0.25) is 0 Å². The van der Waals surface area contributed by atoms with Gasteiger partial charge in [0, 0.05) is 63.8 Å². The Morgan fingerprint density at radius 2 is 1.38 bits per heavy atom. The van der Waals surface area contributed by atoms with Crippen molar-refractivity contribution >= 4 is 21.8 Å². The van der Waals surface area contributed by atoms with E-state index in [4.69, 9.17) is 23.9 Å². The highest BCUT2D eigenvalue weighted by Gasteiger charge is 2.20. The molecule has 0 fully saturated rings. The van der Waals surface area contributed by atoms with Crippen LogP contribution in [0.5, 0.6) is 11.5 Å². The number of methoxy groups -OCH3 is 2. The van der Waals surface area contributed by atoms with Crippen LogP contribution in [0.3, 0.4) is 0 Å². The van der Waals surface area contributed by atoms with Crippen molar-refractivity contribution < 1.29 is 23.2 Å². The van der Waals surface area contributed by atoms with E-state index in [1.165, 1.54) is 0 Å². The normalized spacial score (nSPS) is 12.1. The molecule has 0 aliphatic rings. The molecule has 0 spiro atoms. The standard InChI is InChI=1S/C29H36N4O5S/c1-21-24(30-13-11-27(21)37-17-7-15-35-3)19-33-26-10-6-5-9-23(26)32-29(33)39(34)20-25-22(2)28(12-14-31-25)38-18-8-16-36-4/h5-6,9-14H,7-8,15-20H2,1-4H3/t39-/m0/s1. The lowest BCUT2D eigenvalue weighted by molar-refractivity contribution is 0.171. The number of pyridine rings is 2. The van der Waals surface area contributed by atoms with Crippen LogP contribution in [0.15, 0.2) is 53.9 Å². The van der Waals surface area contributed by atoms with E-state index in [0.29, 0.717) is 38.1 Å². The third-order valence-electron chi connectivity index (χ3n) is 6.42. The molecule has 0 saturated heterocycles. The Balaban J connectivity index is 1.59. The highest BCUT2D eigenvalue weighted by molar-refractivity contribution is 7.84. The van der Waals surface area contributed by atoms with E-state index in [2.05, 4.69) is 9.97 Å². The van der Waals surface area contributed by atoms with Gasteiger partial charge in [-0.05, 0) is 38.1 Å². The molecule has 0 amide bonds. The number of nitrogens with zero attached hydrogens (tertiary/aromatic N) is 4. The summed E-state index contributed by atoms with van der Waals surface area (Å²) in [6.07, 6.45) is 5.03. The average molecular weight is 553 g/mol. The summed E-state index contributed by atoms with van der Waals surface area (Å²) in [4.78, 5) is 13.9. The van der Waals surface area contributed by atoms with Crippen LogP contribution in [-0.4, -0.2) is 64.4 Å². The summed E-state index contributed by atoms with van der Waals surface area (Å²) >= 11 is 0. The van der Waals surface area contributed by atoms with Crippen molar-refractivity contribution in [3.8, 4) is 11.5 Å². The third kappa shape index (κ3) is 7.20. The zero-order valence-electron chi connectivity index (χ0n) is 23.0.